The normalized spacial score (nSPS) is 13.4. The first kappa shape index (κ1) is 12.2. The number of nitrogens with two attached hydrogens (primary N) is 1. The topological polar surface area (TPSA) is 52.3 Å². The molecular formula is C10H19NO2. The van der Waals surface area contributed by atoms with Crippen LogP contribution in [0.3, 0.4) is 0 Å². The molecule has 0 aliphatic heterocycles. The molecule has 13 heavy (non-hydrogen) atoms. The molecule has 0 amide bonds. The lowest BCUT2D eigenvalue weighted by atomic mass is 10.1. The van der Waals surface area contributed by atoms with Crippen LogP contribution in [0.25, 0.3) is 0 Å². The third-order valence-electron chi connectivity index (χ3n) is 1.06. The van der Waals surface area contributed by atoms with Crippen LogP contribution in [0, 0.1) is 0 Å². The van der Waals surface area contributed by atoms with Crippen LogP contribution >= 0.6 is 0 Å². The molecule has 0 aromatic heterocycles. The van der Waals surface area contributed by atoms with E-state index in [4.69, 9.17) is 10.5 Å². The lowest BCUT2D eigenvalue weighted by molar-refractivity contribution is -0.148. The summed E-state index contributed by atoms with van der Waals surface area (Å²) >= 11 is 0. The van der Waals surface area contributed by atoms with Gasteiger partial charge >= 0.3 is 5.97 Å². The standard InChI is InChI=1S/C10H19NO2/c1-9(2,3)13-8(12)6-7-10(4,5)11/h6-7H,11H2,1-5H3/b7-6+. The molecule has 0 bridgehead atoms. The first-order valence-electron chi connectivity index (χ1n) is 4.31. The average Bonchev–Trinajstić information content (AvgIpc) is 1.78. The van der Waals surface area contributed by atoms with E-state index in [-0.39, 0.29) is 5.97 Å². The second-order valence-corrected chi connectivity index (χ2v) is 4.69. The predicted molar refractivity (Wildman–Crippen MR) is 53.3 cm³/mol. The molecule has 0 aromatic rings. The summed E-state index contributed by atoms with van der Waals surface area (Å²) in [6, 6.07) is 0. The highest BCUT2D eigenvalue weighted by Crippen LogP contribution is 2.08. The van der Waals surface area contributed by atoms with Crippen LogP contribution in [0.4, 0.5) is 0 Å². The van der Waals surface area contributed by atoms with Crippen LogP contribution in [0.2, 0.25) is 0 Å². The lowest BCUT2D eigenvalue weighted by Gasteiger charge is -2.18. The van der Waals surface area contributed by atoms with Crippen LogP contribution in [-0.2, 0) is 9.53 Å². The van der Waals surface area contributed by atoms with Crippen molar-refractivity contribution >= 4 is 5.97 Å². The Morgan fingerprint density at radius 2 is 1.69 bits per heavy atom. The highest BCUT2D eigenvalue weighted by molar-refractivity contribution is 5.82. The van der Waals surface area contributed by atoms with Gasteiger partial charge in [0.25, 0.3) is 0 Å². The van der Waals surface area contributed by atoms with Crippen molar-refractivity contribution in [3.05, 3.63) is 12.2 Å². The Balaban J connectivity index is 4.11. The number of carbonyl (C=O) groups excluding carboxylic acids is 1. The van der Waals surface area contributed by atoms with E-state index in [2.05, 4.69) is 0 Å². The van der Waals surface area contributed by atoms with Crippen LogP contribution in [0.15, 0.2) is 12.2 Å². The van der Waals surface area contributed by atoms with Gasteiger partial charge in [0.05, 0.1) is 0 Å². The molecule has 0 unspecified atom stereocenters. The summed E-state index contributed by atoms with van der Waals surface area (Å²) in [4.78, 5) is 11.1. The third kappa shape index (κ3) is 9.08. The van der Waals surface area contributed by atoms with Crippen molar-refractivity contribution in [2.75, 3.05) is 0 Å². The Kier molecular flexibility index (Phi) is 3.67. The Morgan fingerprint density at radius 1 is 1.23 bits per heavy atom. The van der Waals surface area contributed by atoms with Gasteiger partial charge in [0, 0.05) is 11.6 Å². The van der Waals surface area contributed by atoms with Crippen molar-refractivity contribution in [3.63, 3.8) is 0 Å². The molecule has 2 N–H and O–H groups in total. The lowest BCUT2D eigenvalue weighted by Crippen LogP contribution is -2.29. The molecule has 0 spiro atoms. The van der Waals surface area contributed by atoms with Crippen molar-refractivity contribution in [3.8, 4) is 0 Å². The van der Waals surface area contributed by atoms with Crippen molar-refractivity contribution in [1.29, 1.82) is 0 Å². The Labute approximate surface area is 79.9 Å². The quantitative estimate of drug-likeness (QED) is 0.525. The summed E-state index contributed by atoms with van der Waals surface area (Å²) in [5, 5.41) is 0. The highest BCUT2D eigenvalue weighted by Gasteiger charge is 2.14. The van der Waals surface area contributed by atoms with Crippen LogP contribution in [-0.4, -0.2) is 17.1 Å². The highest BCUT2D eigenvalue weighted by atomic mass is 16.6. The summed E-state index contributed by atoms with van der Waals surface area (Å²) in [5.74, 6) is -0.356. The molecule has 0 heterocycles. The summed E-state index contributed by atoms with van der Waals surface area (Å²) in [6.45, 7) is 9.10. The number of rotatable bonds is 2. The van der Waals surface area contributed by atoms with E-state index in [1.807, 2.05) is 34.6 Å². The summed E-state index contributed by atoms with van der Waals surface area (Å²) in [7, 11) is 0. The van der Waals surface area contributed by atoms with Crippen molar-refractivity contribution in [1.82, 2.24) is 0 Å². The largest absolute Gasteiger partial charge is 0.457 e. The molecule has 0 aliphatic rings. The molecule has 76 valence electrons. The molecule has 0 aromatic carbocycles. The molecule has 3 nitrogen and oxygen atoms in total. The van der Waals surface area contributed by atoms with Gasteiger partial charge in [-0.25, -0.2) is 4.79 Å². The molecule has 0 radical (unpaired) electrons. The van der Waals surface area contributed by atoms with Crippen molar-refractivity contribution in [2.45, 2.75) is 45.8 Å². The minimum atomic E-state index is -0.475. The Morgan fingerprint density at radius 3 is 2.00 bits per heavy atom. The Bertz CT molecular complexity index is 206. The fourth-order valence-corrected chi connectivity index (χ4v) is 0.619. The maximum Gasteiger partial charge on any atom is 0.331 e. The maximum atomic E-state index is 11.1. The van der Waals surface area contributed by atoms with Crippen LogP contribution in [0.5, 0.6) is 0 Å². The van der Waals surface area contributed by atoms with Gasteiger partial charge in [-0.3, -0.25) is 0 Å². The van der Waals surface area contributed by atoms with E-state index in [1.54, 1.807) is 6.08 Å². The molecule has 0 saturated carbocycles. The molecular weight excluding hydrogens is 166 g/mol. The van der Waals surface area contributed by atoms with E-state index in [0.29, 0.717) is 0 Å². The van der Waals surface area contributed by atoms with E-state index in [1.165, 1.54) is 6.08 Å². The van der Waals surface area contributed by atoms with Crippen molar-refractivity contribution < 1.29 is 9.53 Å². The number of carbonyl (C=O) groups is 1. The van der Waals surface area contributed by atoms with Gasteiger partial charge in [0.15, 0.2) is 0 Å². The van der Waals surface area contributed by atoms with Crippen molar-refractivity contribution in [2.24, 2.45) is 5.73 Å². The fourth-order valence-electron chi connectivity index (χ4n) is 0.619. The van der Waals surface area contributed by atoms with E-state index in [9.17, 15) is 4.79 Å². The van der Waals surface area contributed by atoms with Crippen LogP contribution < -0.4 is 5.73 Å². The van der Waals surface area contributed by atoms with Gasteiger partial charge in [-0.2, -0.15) is 0 Å². The van der Waals surface area contributed by atoms with Crippen LogP contribution in [0.1, 0.15) is 34.6 Å². The summed E-state index contributed by atoms with van der Waals surface area (Å²) in [6.07, 6.45) is 2.99. The monoisotopic (exact) mass is 185 g/mol. The predicted octanol–water partition coefficient (Wildman–Crippen LogP) is 1.62. The molecule has 0 fully saturated rings. The fraction of sp³-hybridized carbons (Fsp3) is 0.700. The van der Waals surface area contributed by atoms with Gasteiger partial charge < -0.3 is 10.5 Å². The second kappa shape index (κ2) is 3.92. The third-order valence-corrected chi connectivity index (χ3v) is 1.06. The Hall–Kier alpha value is -0.830. The summed E-state index contributed by atoms with van der Waals surface area (Å²) in [5.41, 5.74) is 4.73. The smallest absolute Gasteiger partial charge is 0.331 e. The van der Waals surface area contributed by atoms with E-state index in [0.717, 1.165) is 0 Å². The number of esters is 1. The second-order valence-electron chi connectivity index (χ2n) is 4.69. The van der Waals surface area contributed by atoms with E-state index < -0.39 is 11.1 Å². The average molecular weight is 185 g/mol. The van der Waals surface area contributed by atoms with Gasteiger partial charge in [-0.05, 0) is 34.6 Å². The maximum absolute atomic E-state index is 11.1. The van der Waals surface area contributed by atoms with Gasteiger partial charge in [-0.1, -0.05) is 6.08 Å². The van der Waals surface area contributed by atoms with Gasteiger partial charge in [0.2, 0.25) is 0 Å². The van der Waals surface area contributed by atoms with Gasteiger partial charge in [-0.15, -0.1) is 0 Å². The number of ether oxygens (including phenoxy) is 1. The minimum Gasteiger partial charge on any atom is -0.457 e. The number of hydrogen-bond donors (Lipinski definition) is 1. The molecule has 3 heteroatoms. The first-order chi connectivity index (χ1) is 5.60. The zero-order chi connectivity index (χ0) is 10.7. The number of hydrogen-bond acceptors (Lipinski definition) is 3. The molecule has 0 aliphatic carbocycles. The first-order valence-corrected chi connectivity index (χ1v) is 4.31. The van der Waals surface area contributed by atoms with E-state index >= 15 is 0 Å². The summed E-state index contributed by atoms with van der Waals surface area (Å²) < 4.78 is 5.05. The minimum absolute atomic E-state index is 0.356. The zero-order valence-electron chi connectivity index (χ0n) is 9.05. The molecule has 0 atom stereocenters. The van der Waals surface area contributed by atoms with Gasteiger partial charge in [0.1, 0.15) is 5.60 Å². The molecule has 0 rings (SSSR count). The zero-order valence-corrected chi connectivity index (χ0v) is 9.05. The molecule has 0 saturated heterocycles. The SMILES string of the molecule is CC(C)(N)/C=C/C(=O)OC(C)(C)C.